The van der Waals surface area contributed by atoms with Gasteiger partial charge in [0.05, 0.1) is 0 Å². The van der Waals surface area contributed by atoms with Crippen molar-refractivity contribution in [3.8, 4) is 0 Å². The molecule has 2 rings (SSSR count). The van der Waals surface area contributed by atoms with E-state index in [0.717, 1.165) is 16.3 Å². The minimum Gasteiger partial charge on any atom is -0.479 e. The van der Waals surface area contributed by atoms with Gasteiger partial charge in [-0.1, -0.05) is 62.7 Å². The molecule has 3 nitrogen and oxygen atoms in total. The van der Waals surface area contributed by atoms with Gasteiger partial charge in [-0.15, -0.1) is 0 Å². The minimum absolute atomic E-state index is 0.246. The van der Waals surface area contributed by atoms with Crippen LogP contribution in [0.4, 0.5) is 0 Å². The van der Waals surface area contributed by atoms with Crippen LogP contribution in [0.25, 0.3) is 10.8 Å². The molecule has 0 heterocycles. The van der Waals surface area contributed by atoms with Gasteiger partial charge in [-0.3, -0.25) is 0 Å². The second-order valence-electron chi connectivity index (χ2n) is 5.31. The third kappa shape index (κ3) is 2.54. The summed E-state index contributed by atoms with van der Waals surface area (Å²) < 4.78 is 0. The van der Waals surface area contributed by atoms with Crippen LogP contribution in [0.15, 0.2) is 42.5 Å². The lowest BCUT2D eigenvalue weighted by Gasteiger charge is -2.30. The summed E-state index contributed by atoms with van der Waals surface area (Å²) in [6.07, 6.45) is 0.872. The molecular formula is C17H20O3. The predicted molar refractivity (Wildman–Crippen MR) is 79.9 cm³/mol. The Morgan fingerprint density at radius 2 is 1.85 bits per heavy atom. The maximum absolute atomic E-state index is 11.4. The SMILES string of the molecule is CCCC(O)(C(=O)O)C(C)c1ccc2ccccc2c1. The number of rotatable bonds is 5. The van der Waals surface area contributed by atoms with Gasteiger partial charge in [0.1, 0.15) is 0 Å². The van der Waals surface area contributed by atoms with E-state index in [9.17, 15) is 15.0 Å². The molecule has 0 fully saturated rings. The van der Waals surface area contributed by atoms with Gasteiger partial charge in [-0.25, -0.2) is 4.79 Å². The van der Waals surface area contributed by atoms with Crippen molar-refractivity contribution in [3.05, 3.63) is 48.0 Å². The molecule has 0 aromatic heterocycles. The number of benzene rings is 2. The third-order valence-corrected chi connectivity index (χ3v) is 3.99. The molecule has 3 heteroatoms. The average Bonchev–Trinajstić information content (AvgIpc) is 2.46. The number of carbonyl (C=O) groups is 1. The summed E-state index contributed by atoms with van der Waals surface area (Å²) in [7, 11) is 0. The molecule has 2 atom stereocenters. The van der Waals surface area contributed by atoms with Crippen LogP contribution < -0.4 is 0 Å². The molecule has 0 bridgehead atoms. The van der Waals surface area contributed by atoms with Crippen LogP contribution in [0.5, 0.6) is 0 Å². The van der Waals surface area contributed by atoms with Crippen LogP contribution >= 0.6 is 0 Å². The number of aliphatic carboxylic acids is 1. The van der Waals surface area contributed by atoms with Gasteiger partial charge in [-0.2, -0.15) is 0 Å². The molecule has 0 spiro atoms. The van der Waals surface area contributed by atoms with Crippen molar-refractivity contribution in [2.45, 2.75) is 38.2 Å². The molecule has 0 saturated carbocycles. The molecule has 0 aliphatic rings. The van der Waals surface area contributed by atoms with E-state index in [1.54, 1.807) is 6.92 Å². The van der Waals surface area contributed by atoms with E-state index in [4.69, 9.17) is 0 Å². The Kier molecular flexibility index (Phi) is 4.09. The summed E-state index contributed by atoms with van der Waals surface area (Å²) in [6.45, 7) is 3.65. The Balaban J connectivity index is 2.43. The number of fused-ring (bicyclic) bond motifs is 1. The van der Waals surface area contributed by atoms with Crippen molar-refractivity contribution in [2.75, 3.05) is 0 Å². The molecule has 0 radical (unpaired) electrons. The van der Waals surface area contributed by atoms with E-state index in [1.807, 2.05) is 49.4 Å². The van der Waals surface area contributed by atoms with E-state index in [-0.39, 0.29) is 6.42 Å². The molecule has 0 aliphatic heterocycles. The molecule has 106 valence electrons. The topological polar surface area (TPSA) is 57.5 Å². The molecule has 2 aromatic carbocycles. The maximum Gasteiger partial charge on any atom is 0.336 e. The van der Waals surface area contributed by atoms with Gasteiger partial charge in [-0.05, 0) is 22.8 Å². The standard InChI is InChI=1S/C17H20O3/c1-3-10-17(20,16(18)19)12(2)14-9-8-13-6-4-5-7-15(13)11-14/h4-9,11-12,20H,3,10H2,1-2H3,(H,18,19). The van der Waals surface area contributed by atoms with Gasteiger partial charge >= 0.3 is 5.97 Å². The Bertz CT molecular complexity index is 620. The summed E-state index contributed by atoms with van der Waals surface area (Å²) in [5.41, 5.74) is -0.862. The Hall–Kier alpha value is -1.87. The quantitative estimate of drug-likeness (QED) is 0.875. The summed E-state index contributed by atoms with van der Waals surface area (Å²) in [5, 5.41) is 22.0. The number of carboxylic acid groups (broad SMARTS) is 1. The molecule has 2 N–H and O–H groups in total. The second-order valence-corrected chi connectivity index (χ2v) is 5.31. The normalized spacial score (nSPS) is 15.8. The fourth-order valence-electron chi connectivity index (χ4n) is 2.64. The van der Waals surface area contributed by atoms with Gasteiger partial charge in [0.25, 0.3) is 0 Å². The first kappa shape index (κ1) is 14.5. The van der Waals surface area contributed by atoms with Crippen molar-refractivity contribution >= 4 is 16.7 Å². The second kappa shape index (κ2) is 5.63. The molecule has 2 aromatic rings. The van der Waals surface area contributed by atoms with Crippen molar-refractivity contribution in [2.24, 2.45) is 0 Å². The van der Waals surface area contributed by atoms with Crippen LogP contribution in [0.1, 0.15) is 38.2 Å². The van der Waals surface area contributed by atoms with Crippen LogP contribution in [0, 0.1) is 0 Å². The Morgan fingerprint density at radius 1 is 1.20 bits per heavy atom. The van der Waals surface area contributed by atoms with E-state index in [1.165, 1.54) is 0 Å². The highest BCUT2D eigenvalue weighted by Gasteiger charge is 2.41. The molecule has 2 unspecified atom stereocenters. The highest BCUT2D eigenvalue weighted by molar-refractivity contribution is 5.84. The zero-order valence-corrected chi connectivity index (χ0v) is 11.8. The largest absolute Gasteiger partial charge is 0.479 e. The van der Waals surface area contributed by atoms with Crippen molar-refractivity contribution in [1.82, 2.24) is 0 Å². The number of hydrogen-bond acceptors (Lipinski definition) is 2. The van der Waals surface area contributed by atoms with E-state index in [2.05, 4.69) is 0 Å². The third-order valence-electron chi connectivity index (χ3n) is 3.99. The zero-order valence-electron chi connectivity index (χ0n) is 11.8. The fraction of sp³-hybridized carbons (Fsp3) is 0.353. The summed E-state index contributed by atoms with van der Waals surface area (Å²) in [6, 6.07) is 13.8. The van der Waals surface area contributed by atoms with Crippen molar-refractivity contribution < 1.29 is 15.0 Å². The van der Waals surface area contributed by atoms with Gasteiger partial charge < -0.3 is 10.2 Å². The molecule has 0 saturated heterocycles. The molecule has 0 aliphatic carbocycles. The van der Waals surface area contributed by atoms with Crippen LogP contribution in [-0.2, 0) is 4.79 Å². The fourth-order valence-corrected chi connectivity index (χ4v) is 2.64. The van der Waals surface area contributed by atoms with Gasteiger partial charge in [0, 0.05) is 5.92 Å². The predicted octanol–water partition coefficient (Wildman–Crippen LogP) is 3.56. The number of aliphatic hydroxyl groups is 1. The Morgan fingerprint density at radius 3 is 2.45 bits per heavy atom. The monoisotopic (exact) mass is 272 g/mol. The highest BCUT2D eigenvalue weighted by Crippen LogP contribution is 2.33. The van der Waals surface area contributed by atoms with E-state index < -0.39 is 17.5 Å². The average molecular weight is 272 g/mol. The maximum atomic E-state index is 11.4. The first-order valence-corrected chi connectivity index (χ1v) is 6.93. The number of carboxylic acids is 1. The van der Waals surface area contributed by atoms with E-state index in [0.29, 0.717) is 6.42 Å². The molecular weight excluding hydrogens is 252 g/mol. The summed E-state index contributed by atoms with van der Waals surface area (Å²) in [4.78, 5) is 11.4. The zero-order chi connectivity index (χ0) is 14.8. The van der Waals surface area contributed by atoms with Crippen LogP contribution in [0.2, 0.25) is 0 Å². The first-order valence-electron chi connectivity index (χ1n) is 6.93. The smallest absolute Gasteiger partial charge is 0.336 e. The summed E-state index contributed by atoms with van der Waals surface area (Å²) >= 11 is 0. The highest BCUT2D eigenvalue weighted by atomic mass is 16.4. The lowest BCUT2D eigenvalue weighted by atomic mass is 9.80. The van der Waals surface area contributed by atoms with Crippen LogP contribution in [0.3, 0.4) is 0 Å². The minimum atomic E-state index is -1.71. The van der Waals surface area contributed by atoms with Crippen LogP contribution in [-0.4, -0.2) is 21.8 Å². The molecule has 20 heavy (non-hydrogen) atoms. The summed E-state index contributed by atoms with van der Waals surface area (Å²) in [5.74, 6) is -1.61. The number of hydrogen-bond donors (Lipinski definition) is 2. The molecule has 0 amide bonds. The van der Waals surface area contributed by atoms with Gasteiger partial charge in [0.15, 0.2) is 5.60 Å². The lowest BCUT2D eigenvalue weighted by Crippen LogP contribution is -2.43. The van der Waals surface area contributed by atoms with E-state index >= 15 is 0 Å². The van der Waals surface area contributed by atoms with Crippen molar-refractivity contribution in [1.29, 1.82) is 0 Å². The Labute approximate surface area is 118 Å². The van der Waals surface area contributed by atoms with Crippen molar-refractivity contribution in [3.63, 3.8) is 0 Å². The first-order chi connectivity index (χ1) is 9.49. The lowest BCUT2D eigenvalue weighted by molar-refractivity contribution is -0.161. The van der Waals surface area contributed by atoms with Gasteiger partial charge in [0.2, 0.25) is 0 Å².